The molecule has 0 aromatic rings. The quantitative estimate of drug-likeness (QED) is 0.315. The molecular weight excluding hydrogens is 220 g/mol. The lowest BCUT2D eigenvalue weighted by Crippen LogP contribution is -1.96. The average Bonchev–Trinajstić information content (AvgIpc) is 2.32. The number of Topliss-reactive ketones (excluding diaryl/α,β-unsaturated/α-hetero) is 1. The zero-order valence-corrected chi connectivity index (χ0v) is 12.8. The van der Waals surface area contributed by atoms with Crippen molar-refractivity contribution in [2.75, 3.05) is 0 Å². The molecule has 0 aromatic heterocycles. The fourth-order valence-electron chi connectivity index (χ4n) is 2.10. The third-order valence-corrected chi connectivity index (χ3v) is 3.28. The highest BCUT2D eigenvalue weighted by Gasteiger charge is 2.00. The van der Waals surface area contributed by atoms with Gasteiger partial charge in [0.15, 0.2) is 0 Å². The molecule has 0 saturated heterocycles. The maximum atomic E-state index is 11.6. The lowest BCUT2D eigenvalue weighted by molar-refractivity contribution is -0.119. The first-order chi connectivity index (χ1) is 8.66. The number of ketones is 1. The lowest BCUT2D eigenvalue weighted by atomic mass is 10.0. The van der Waals surface area contributed by atoms with Gasteiger partial charge in [0.25, 0.3) is 0 Å². The summed E-state index contributed by atoms with van der Waals surface area (Å²) in [7, 11) is 0. The Labute approximate surface area is 114 Å². The van der Waals surface area contributed by atoms with Gasteiger partial charge in [0.05, 0.1) is 0 Å². The van der Waals surface area contributed by atoms with Crippen LogP contribution in [0.5, 0.6) is 0 Å². The van der Waals surface area contributed by atoms with Gasteiger partial charge in [0, 0.05) is 12.8 Å². The van der Waals surface area contributed by atoms with Crippen LogP contribution in [0.3, 0.4) is 0 Å². The van der Waals surface area contributed by atoms with E-state index in [2.05, 4.69) is 26.8 Å². The average molecular weight is 252 g/mol. The van der Waals surface area contributed by atoms with E-state index in [1.165, 1.54) is 50.5 Å². The number of carbonyl (C=O) groups is 1. The van der Waals surface area contributed by atoms with Gasteiger partial charge in [-0.3, -0.25) is 4.79 Å². The minimum atomic E-state index is 0.443. The Morgan fingerprint density at radius 3 is 1.94 bits per heavy atom. The summed E-state index contributed by atoms with van der Waals surface area (Å²) < 4.78 is 0. The van der Waals surface area contributed by atoms with Gasteiger partial charge >= 0.3 is 0 Å². The molecule has 1 heteroatoms. The van der Waals surface area contributed by atoms with Gasteiger partial charge in [-0.15, -0.1) is 0 Å². The molecule has 18 heavy (non-hydrogen) atoms. The van der Waals surface area contributed by atoms with Crippen LogP contribution in [0.1, 0.15) is 91.4 Å². The van der Waals surface area contributed by atoms with Gasteiger partial charge < -0.3 is 0 Å². The Morgan fingerprint density at radius 1 is 0.833 bits per heavy atom. The SMILES string of the molecule is CCCCCCCCCCC(=O)CCC=C(C)C. The van der Waals surface area contributed by atoms with Crippen LogP contribution in [-0.4, -0.2) is 5.78 Å². The number of allylic oxidation sites excluding steroid dienone is 2. The Morgan fingerprint density at radius 2 is 1.39 bits per heavy atom. The van der Waals surface area contributed by atoms with E-state index >= 15 is 0 Å². The molecule has 0 aromatic carbocycles. The highest BCUT2D eigenvalue weighted by Crippen LogP contribution is 2.10. The lowest BCUT2D eigenvalue weighted by Gasteiger charge is -2.01. The van der Waals surface area contributed by atoms with E-state index in [4.69, 9.17) is 0 Å². The van der Waals surface area contributed by atoms with E-state index in [0.29, 0.717) is 5.78 Å². The summed E-state index contributed by atoms with van der Waals surface area (Å²) in [6, 6.07) is 0. The zero-order chi connectivity index (χ0) is 13.6. The van der Waals surface area contributed by atoms with Gasteiger partial charge in [0.1, 0.15) is 5.78 Å². The van der Waals surface area contributed by atoms with E-state index in [0.717, 1.165) is 25.7 Å². The van der Waals surface area contributed by atoms with Gasteiger partial charge in [-0.1, -0.05) is 63.5 Å². The molecule has 1 nitrogen and oxygen atoms in total. The Hall–Kier alpha value is -0.590. The second kappa shape index (κ2) is 12.9. The minimum absolute atomic E-state index is 0.443. The second-order valence-electron chi connectivity index (χ2n) is 5.58. The van der Waals surface area contributed by atoms with Crippen molar-refractivity contribution in [3.8, 4) is 0 Å². The third-order valence-electron chi connectivity index (χ3n) is 3.28. The fraction of sp³-hybridized carbons (Fsp3) is 0.824. The summed E-state index contributed by atoms with van der Waals surface area (Å²) in [5, 5.41) is 0. The fourth-order valence-corrected chi connectivity index (χ4v) is 2.10. The predicted molar refractivity (Wildman–Crippen MR) is 80.9 cm³/mol. The van der Waals surface area contributed by atoms with Crippen molar-refractivity contribution in [3.63, 3.8) is 0 Å². The van der Waals surface area contributed by atoms with E-state index < -0.39 is 0 Å². The Kier molecular flexibility index (Phi) is 12.4. The van der Waals surface area contributed by atoms with Crippen LogP contribution in [0.2, 0.25) is 0 Å². The number of hydrogen-bond donors (Lipinski definition) is 0. The van der Waals surface area contributed by atoms with Crippen molar-refractivity contribution in [2.45, 2.75) is 91.4 Å². The normalized spacial score (nSPS) is 10.4. The van der Waals surface area contributed by atoms with Crippen LogP contribution in [-0.2, 0) is 4.79 Å². The van der Waals surface area contributed by atoms with Gasteiger partial charge in [-0.25, -0.2) is 0 Å². The molecule has 0 aliphatic carbocycles. The van der Waals surface area contributed by atoms with E-state index in [1.807, 2.05) is 0 Å². The molecule has 0 unspecified atom stereocenters. The van der Waals surface area contributed by atoms with Crippen LogP contribution in [0.4, 0.5) is 0 Å². The molecule has 0 spiro atoms. The van der Waals surface area contributed by atoms with Crippen LogP contribution in [0, 0.1) is 0 Å². The Balaban J connectivity index is 3.23. The molecule has 0 heterocycles. The number of hydrogen-bond acceptors (Lipinski definition) is 1. The molecule has 0 rings (SSSR count). The molecule has 0 atom stereocenters. The molecule has 106 valence electrons. The summed E-state index contributed by atoms with van der Waals surface area (Å²) in [5.41, 5.74) is 1.31. The van der Waals surface area contributed by atoms with E-state index in [-0.39, 0.29) is 0 Å². The van der Waals surface area contributed by atoms with E-state index in [1.54, 1.807) is 0 Å². The van der Waals surface area contributed by atoms with Crippen molar-refractivity contribution >= 4 is 5.78 Å². The number of carbonyl (C=O) groups excluding carboxylic acids is 1. The first-order valence-electron chi connectivity index (χ1n) is 7.82. The summed E-state index contributed by atoms with van der Waals surface area (Å²) in [6.45, 7) is 6.42. The minimum Gasteiger partial charge on any atom is -0.300 e. The van der Waals surface area contributed by atoms with Crippen molar-refractivity contribution in [1.29, 1.82) is 0 Å². The van der Waals surface area contributed by atoms with Crippen molar-refractivity contribution in [2.24, 2.45) is 0 Å². The highest BCUT2D eigenvalue weighted by atomic mass is 16.1. The summed E-state index contributed by atoms with van der Waals surface area (Å²) in [5.74, 6) is 0.443. The first-order valence-corrected chi connectivity index (χ1v) is 7.82. The topological polar surface area (TPSA) is 17.1 Å². The molecule has 0 N–H and O–H groups in total. The maximum Gasteiger partial charge on any atom is 0.133 e. The monoisotopic (exact) mass is 252 g/mol. The highest BCUT2D eigenvalue weighted by molar-refractivity contribution is 5.78. The molecule has 0 aliphatic rings. The first kappa shape index (κ1) is 17.4. The van der Waals surface area contributed by atoms with Gasteiger partial charge in [-0.2, -0.15) is 0 Å². The summed E-state index contributed by atoms with van der Waals surface area (Å²) >= 11 is 0. The van der Waals surface area contributed by atoms with Crippen molar-refractivity contribution in [1.82, 2.24) is 0 Å². The van der Waals surface area contributed by atoms with E-state index in [9.17, 15) is 4.79 Å². The molecule has 0 fully saturated rings. The van der Waals surface area contributed by atoms with Crippen LogP contribution in [0.15, 0.2) is 11.6 Å². The molecular formula is C17H32O. The van der Waals surface area contributed by atoms with Crippen LogP contribution >= 0.6 is 0 Å². The summed E-state index contributed by atoms with van der Waals surface area (Å²) in [4.78, 5) is 11.6. The van der Waals surface area contributed by atoms with Crippen LogP contribution < -0.4 is 0 Å². The number of rotatable bonds is 12. The number of unbranched alkanes of at least 4 members (excludes halogenated alkanes) is 7. The molecule has 0 radical (unpaired) electrons. The maximum absolute atomic E-state index is 11.6. The molecule has 0 saturated carbocycles. The smallest absolute Gasteiger partial charge is 0.133 e. The van der Waals surface area contributed by atoms with Crippen molar-refractivity contribution in [3.05, 3.63) is 11.6 Å². The van der Waals surface area contributed by atoms with Crippen molar-refractivity contribution < 1.29 is 4.79 Å². The second-order valence-corrected chi connectivity index (χ2v) is 5.58. The molecule has 0 bridgehead atoms. The van der Waals surface area contributed by atoms with Gasteiger partial charge in [0.2, 0.25) is 0 Å². The predicted octanol–water partition coefficient (Wildman–Crippen LogP) is 5.83. The molecule has 0 aliphatic heterocycles. The standard InChI is InChI=1S/C17H32O/c1-4-5-6-7-8-9-10-11-14-17(18)15-12-13-16(2)3/h13H,4-12,14-15H2,1-3H3. The van der Waals surface area contributed by atoms with Crippen LogP contribution in [0.25, 0.3) is 0 Å². The third kappa shape index (κ3) is 13.5. The summed E-state index contributed by atoms with van der Waals surface area (Å²) in [6.07, 6.45) is 15.1. The molecule has 0 amide bonds. The largest absolute Gasteiger partial charge is 0.300 e. The van der Waals surface area contributed by atoms with Gasteiger partial charge in [-0.05, 0) is 26.7 Å². The Bertz CT molecular complexity index is 224. The zero-order valence-electron chi connectivity index (χ0n) is 12.8.